The highest BCUT2D eigenvalue weighted by Gasteiger charge is 2.24. The molecule has 1 unspecified atom stereocenters. The molecule has 32 heavy (non-hydrogen) atoms. The molecule has 1 aliphatic rings. The largest absolute Gasteiger partial charge is 0.355 e. The van der Waals surface area contributed by atoms with Crippen LogP contribution in [0.3, 0.4) is 0 Å². The fourth-order valence-electron chi connectivity index (χ4n) is 4.19. The number of hydrogen-bond acceptors (Lipinski definition) is 3. The van der Waals surface area contributed by atoms with Crippen molar-refractivity contribution in [3.8, 4) is 0 Å². The molecule has 1 aromatic heterocycles. The zero-order valence-corrected chi connectivity index (χ0v) is 21.0. The molecule has 0 amide bonds. The van der Waals surface area contributed by atoms with Crippen LogP contribution >= 0.6 is 24.0 Å². The highest BCUT2D eigenvalue weighted by Crippen LogP contribution is 2.19. The minimum atomic E-state index is 0. The van der Waals surface area contributed by atoms with Gasteiger partial charge in [-0.1, -0.05) is 54.6 Å². The average molecular weight is 544 g/mol. The van der Waals surface area contributed by atoms with Crippen LogP contribution in [0.5, 0.6) is 0 Å². The van der Waals surface area contributed by atoms with Gasteiger partial charge < -0.3 is 10.6 Å². The maximum Gasteiger partial charge on any atom is 0.191 e. The van der Waals surface area contributed by atoms with Crippen molar-refractivity contribution < 1.29 is 0 Å². The molecule has 2 aromatic carbocycles. The smallest absolute Gasteiger partial charge is 0.191 e. The summed E-state index contributed by atoms with van der Waals surface area (Å²) in [4.78, 5) is 7.00. The number of hydrogen-bond donors (Lipinski definition) is 2. The number of benzene rings is 2. The third kappa shape index (κ3) is 7.06. The van der Waals surface area contributed by atoms with E-state index in [2.05, 4.69) is 80.2 Å². The molecule has 0 saturated carbocycles. The maximum atomic E-state index is 4.42. The van der Waals surface area contributed by atoms with E-state index in [0.717, 1.165) is 38.7 Å². The Morgan fingerprint density at radius 1 is 1.00 bits per heavy atom. The van der Waals surface area contributed by atoms with Crippen LogP contribution in [0.1, 0.15) is 29.5 Å². The molecular formula is C25H33IN6. The molecule has 1 atom stereocenters. The van der Waals surface area contributed by atoms with Crippen LogP contribution in [0, 0.1) is 0 Å². The van der Waals surface area contributed by atoms with E-state index in [1.54, 1.807) is 0 Å². The van der Waals surface area contributed by atoms with E-state index < -0.39 is 0 Å². The second-order valence-corrected chi connectivity index (χ2v) is 8.08. The SMILES string of the molecule is CN=C(NCc1cccc(Cn2cccn2)c1)NCC1CCCN1Cc1ccccc1.I. The van der Waals surface area contributed by atoms with Gasteiger partial charge in [0.2, 0.25) is 0 Å². The summed E-state index contributed by atoms with van der Waals surface area (Å²) in [5, 5.41) is 11.3. The molecule has 6 nitrogen and oxygen atoms in total. The van der Waals surface area contributed by atoms with Crippen molar-refractivity contribution >= 4 is 29.9 Å². The summed E-state index contributed by atoms with van der Waals surface area (Å²) >= 11 is 0. The summed E-state index contributed by atoms with van der Waals surface area (Å²) in [6.45, 7) is 4.61. The first-order valence-corrected chi connectivity index (χ1v) is 11.1. The molecule has 1 saturated heterocycles. The molecule has 0 spiro atoms. The fraction of sp³-hybridized carbons (Fsp3) is 0.360. The number of nitrogens with one attached hydrogen (secondary N) is 2. The van der Waals surface area contributed by atoms with E-state index in [4.69, 9.17) is 0 Å². The molecule has 1 aliphatic heterocycles. The highest BCUT2D eigenvalue weighted by atomic mass is 127. The van der Waals surface area contributed by atoms with Crippen molar-refractivity contribution in [3.63, 3.8) is 0 Å². The van der Waals surface area contributed by atoms with Gasteiger partial charge in [0.05, 0.1) is 6.54 Å². The second kappa shape index (κ2) is 12.6. The Labute approximate surface area is 208 Å². The van der Waals surface area contributed by atoms with E-state index in [1.807, 2.05) is 30.2 Å². The van der Waals surface area contributed by atoms with Gasteiger partial charge in [-0.2, -0.15) is 5.10 Å². The van der Waals surface area contributed by atoms with Crippen LogP contribution < -0.4 is 10.6 Å². The molecule has 0 radical (unpaired) electrons. The first-order valence-electron chi connectivity index (χ1n) is 11.1. The van der Waals surface area contributed by atoms with E-state index >= 15 is 0 Å². The summed E-state index contributed by atoms with van der Waals surface area (Å²) in [5.74, 6) is 0.851. The van der Waals surface area contributed by atoms with E-state index in [-0.39, 0.29) is 24.0 Å². The van der Waals surface area contributed by atoms with Crippen molar-refractivity contribution in [2.24, 2.45) is 4.99 Å². The molecule has 0 aliphatic carbocycles. The zero-order valence-electron chi connectivity index (χ0n) is 18.7. The number of aromatic nitrogens is 2. The molecule has 1 fully saturated rings. The second-order valence-electron chi connectivity index (χ2n) is 8.08. The third-order valence-corrected chi connectivity index (χ3v) is 5.81. The Morgan fingerprint density at radius 3 is 2.59 bits per heavy atom. The van der Waals surface area contributed by atoms with E-state index in [1.165, 1.54) is 29.5 Å². The van der Waals surface area contributed by atoms with Gasteiger partial charge in [0, 0.05) is 45.1 Å². The predicted octanol–water partition coefficient (Wildman–Crippen LogP) is 3.88. The Morgan fingerprint density at radius 2 is 1.81 bits per heavy atom. The van der Waals surface area contributed by atoms with Gasteiger partial charge in [0.25, 0.3) is 0 Å². The Bertz CT molecular complexity index is 958. The highest BCUT2D eigenvalue weighted by molar-refractivity contribution is 14.0. The quantitative estimate of drug-likeness (QED) is 0.257. The normalized spacial score (nSPS) is 16.5. The van der Waals surface area contributed by atoms with Crippen molar-refractivity contribution in [1.82, 2.24) is 25.3 Å². The van der Waals surface area contributed by atoms with Crippen LogP contribution in [0.4, 0.5) is 0 Å². The molecule has 170 valence electrons. The Balaban J connectivity index is 0.00000289. The lowest BCUT2D eigenvalue weighted by Crippen LogP contribution is -2.44. The van der Waals surface area contributed by atoms with Crippen LogP contribution in [0.25, 0.3) is 0 Å². The van der Waals surface area contributed by atoms with Gasteiger partial charge in [-0.05, 0) is 42.1 Å². The fourth-order valence-corrected chi connectivity index (χ4v) is 4.19. The molecule has 2 N–H and O–H groups in total. The van der Waals surface area contributed by atoms with Gasteiger partial charge in [-0.15, -0.1) is 24.0 Å². The summed E-state index contributed by atoms with van der Waals surface area (Å²) in [5.41, 5.74) is 3.86. The third-order valence-electron chi connectivity index (χ3n) is 5.81. The van der Waals surface area contributed by atoms with Gasteiger partial charge in [-0.3, -0.25) is 14.6 Å². The molecule has 7 heteroatoms. The zero-order chi connectivity index (χ0) is 21.3. The summed E-state index contributed by atoms with van der Waals surface area (Å²) in [6.07, 6.45) is 6.29. The Hall–Kier alpha value is -2.39. The van der Waals surface area contributed by atoms with Crippen molar-refractivity contribution in [3.05, 3.63) is 89.7 Å². The number of nitrogens with zero attached hydrogens (tertiary/aromatic N) is 4. The minimum Gasteiger partial charge on any atom is -0.355 e. The lowest BCUT2D eigenvalue weighted by atomic mass is 10.1. The van der Waals surface area contributed by atoms with E-state index in [0.29, 0.717) is 6.04 Å². The first kappa shape index (κ1) is 24.3. The van der Waals surface area contributed by atoms with Crippen LogP contribution in [-0.4, -0.2) is 46.8 Å². The Kier molecular flexibility index (Phi) is 9.55. The summed E-state index contributed by atoms with van der Waals surface area (Å²) in [6, 6.07) is 21.8. The summed E-state index contributed by atoms with van der Waals surface area (Å²) in [7, 11) is 1.83. The average Bonchev–Trinajstić information content (AvgIpc) is 3.47. The number of likely N-dealkylation sites (tertiary alicyclic amines) is 1. The van der Waals surface area contributed by atoms with Crippen molar-refractivity contribution in [2.75, 3.05) is 20.1 Å². The predicted molar refractivity (Wildman–Crippen MR) is 141 cm³/mol. The van der Waals surface area contributed by atoms with Gasteiger partial charge >= 0.3 is 0 Å². The minimum absolute atomic E-state index is 0. The number of halogens is 1. The van der Waals surface area contributed by atoms with E-state index in [9.17, 15) is 0 Å². The standard InChI is InChI=1S/C25H32N6.HI/c1-26-25(27-17-22-10-5-11-23(16-22)20-31-15-7-13-29-31)28-18-24-12-6-14-30(24)19-21-8-3-2-4-9-21;/h2-5,7-11,13,15-16,24H,6,12,14,17-20H2,1H3,(H2,26,27,28);1H. The molecule has 0 bridgehead atoms. The topological polar surface area (TPSA) is 57.5 Å². The molecule has 4 rings (SSSR count). The number of aliphatic imine (C=N–C) groups is 1. The number of guanidine groups is 1. The molecular weight excluding hydrogens is 511 g/mol. The molecule has 3 aromatic rings. The lowest BCUT2D eigenvalue weighted by Gasteiger charge is -2.25. The van der Waals surface area contributed by atoms with Crippen molar-refractivity contribution in [1.29, 1.82) is 0 Å². The van der Waals surface area contributed by atoms with Gasteiger partial charge in [0.15, 0.2) is 5.96 Å². The number of rotatable bonds is 8. The molecule has 2 heterocycles. The summed E-state index contributed by atoms with van der Waals surface area (Å²) < 4.78 is 1.94. The van der Waals surface area contributed by atoms with Crippen LogP contribution in [0.15, 0.2) is 78.0 Å². The van der Waals surface area contributed by atoms with Gasteiger partial charge in [0.1, 0.15) is 0 Å². The van der Waals surface area contributed by atoms with Gasteiger partial charge in [-0.25, -0.2) is 0 Å². The lowest BCUT2D eigenvalue weighted by molar-refractivity contribution is 0.245. The van der Waals surface area contributed by atoms with Crippen molar-refractivity contribution in [2.45, 2.75) is 38.5 Å². The van der Waals surface area contributed by atoms with Crippen LogP contribution in [0.2, 0.25) is 0 Å². The monoisotopic (exact) mass is 544 g/mol. The van der Waals surface area contributed by atoms with Crippen LogP contribution in [-0.2, 0) is 19.6 Å². The first-order chi connectivity index (χ1) is 15.3. The maximum absolute atomic E-state index is 4.42.